The van der Waals surface area contributed by atoms with Crippen molar-refractivity contribution < 1.29 is 9.21 Å². The van der Waals surface area contributed by atoms with Crippen LogP contribution in [0.25, 0.3) is 22.1 Å². The van der Waals surface area contributed by atoms with Crippen LogP contribution in [0.15, 0.2) is 65.1 Å². The second-order valence-electron chi connectivity index (χ2n) is 6.42. The van der Waals surface area contributed by atoms with E-state index in [4.69, 9.17) is 4.42 Å². The van der Waals surface area contributed by atoms with E-state index in [9.17, 15) is 4.79 Å². The molecule has 1 N–H and O–H groups in total. The zero-order valence-corrected chi connectivity index (χ0v) is 14.3. The molecule has 126 valence electrons. The Morgan fingerprint density at radius 2 is 1.80 bits per heavy atom. The highest BCUT2D eigenvalue weighted by atomic mass is 16.3. The van der Waals surface area contributed by atoms with Gasteiger partial charge in [-0.05, 0) is 23.6 Å². The normalized spacial score (nSPS) is 12.6. The number of furan rings is 1. The molecule has 2 aromatic carbocycles. The second-order valence-corrected chi connectivity index (χ2v) is 6.42. The van der Waals surface area contributed by atoms with Gasteiger partial charge in [0.2, 0.25) is 0 Å². The second kappa shape index (κ2) is 6.13. The van der Waals surface area contributed by atoms with Gasteiger partial charge in [-0.15, -0.1) is 0 Å². The van der Waals surface area contributed by atoms with E-state index in [-0.39, 0.29) is 11.8 Å². The number of carbonyl (C=O) groups excluding carboxylic acids is 1. The lowest BCUT2D eigenvalue weighted by Gasteiger charge is -2.13. The number of carbonyl (C=O) groups is 1. The van der Waals surface area contributed by atoms with E-state index in [2.05, 4.69) is 24.4 Å². The lowest BCUT2D eigenvalue weighted by molar-refractivity contribution is 0.0944. The Balaban J connectivity index is 1.57. The first-order valence-corrected chi connectivity index (χ1v) is 8.45. The molecule has 4 heteroatoms. The van der Waals surface area contributed by atoms with Crippen molar-refractivity contribution in [2.45, 2.75) is 12.8 Å². The third kappa shape index (κ3) is 2.70. The molecule has 2 heterocycles. The number of fused-ring (bicyclic) bond motifs is 3. The molecule has 0 spiro atoms. The predicted molar refractivity (Wildman–Crippen MR) is 99.9 cm³/mol. The molecule has 4 nitrogen and oxygen atoms in total. The van der Waals surface area contributed by atoms with Gasteiger partial charge in [-0.1, -0.05) is 49.4 Å². The number of rotatable bonds is 4. The lowest BCUT2D eigenvalue weighted by Crippen LogP contribution is -2.29. The van der Waals surface area contributed by atoms with Crippen LogP contribution >= 0.6 is 0 Å². The van der Waals surface area contributed by atoms with Crippen molar-refractivity contribution in [1.29, 1.82) is 0 Å². The van der Waals surface area contributed by atoms with Crippen molar-refractivity contribution in [3.05, 3.63) is 71.9 Å². The maximum absolute atomic E-state index is 12.6. The molecule has 4 aromatic rings. The minimum atomic E-state index is -0.0826. The Labute approximate surface area is 146 Å². The molecule has 0 saturated heterocycles. The predicted octanol–water partition coefficient (Wildman–Crippen LogP) is 4.46. The number of aromatic nitrogens is 1. The Bertz CT molecular complexity index is 1040. The van der Waals surface area contributed by atoms with Crippen LogP contribution in [0, 0.1) is 0 Å². The van der Waals surface area contributed by atoms with E-state index >= 15 is 0 Å². The smallest absolute Gasteiger partial charge is 0.268 e. The summed E-state index contributed by atoms with van der Waals surface area (Å²) >= 11 is 0. The number of amides is 1. The van der Waals surface area contributed by atoms with E-state index in [0.29, 0.717) is 12.2 Å². The SMILES string of the molecule is CC(CNC(=O)c1cc2oc3ccccc3c2n1C)c1ccccc1. The average molecular weight is 332 g/mol. The van der Waals surface area contributed by atoms with Gasteiger partial charge in [-0.25, -0.2) is 0 Å². The molecule has 0 aliphatic heterocycles. The van der Waals surface area contributed by atoms with E-state index in [1.54, 1.807) is 0 Å². The molecule has 2 aromatic heterocycles. The highest BCUT2D eigenvalue weighted by Gasteiger charge is 2.18. The van der Waals surface area contributed by atoms with Crippen LogP contribution in [-0.4, -0.2) is 17.0 Å². The summed E-state index contributed by atoms with van der Waals surface area (Å²) in [4.78, 5) is 12.6. The van der Waals surface area contributed by atoms with Gasteiger partial charge in [-0.3, -0.25) is 4.79 Å². The number of para-hydroxylation sites is 1. The summed E-state index contributed by atoms with van der Waals surface area (Å²) in [5.74, 6) is 0.176. The first-order chi connectivity index (χ1) is 12.1. The Kier molecular flexibility index (Phi) is 3.80. The van der Waals surface area contributed by atoms with Crippen molar-refractivity contribution in [3.63, 3.8) is 0 Å². The van der Waals surface area contributed by atoms with Crippen molar-refractivity contribution in [2.75, 3.05) is 6.54 Å². The van der Waals surface area contributed by atoms with Gasteiger partial charge in [0.25, 0.3) is 5.91 Å². The third-order valence-electron chi connectivity index (χ3n) is 4.73. The first-order valence-electron chi connectivity index (χ1n) is 8.45. The van der Waals surface area contributed by atoms with Crippen LogP contribution in [-0.2, 0) is 7.05 Å². The van der Waals surface area contributed by atoms with Crippen LogP contribution in [0.3, 0.4) is 0 Å². The number of aryl methyl sites for hydroxylation is 1. The number of hydrogen-bond donors (Lipinski definition) is 1. The fourth-order valence-electron chi connectivity index (χ4n) is 3.29. The Morgan fingerprint density at radius 1 is 1.08 bits per heavy atom. The number of nitrogens with one attached hydrogen (secondary N) is 1. The molecule has 1 unspecified atom stereocenters. The highest BCUT2D eigenvalue weighted by Crippen LogP contribution is 2.30. The summed E-state index contributed by atoms with van der Waals surface area (Å²) in [5.41, 5.74) is 4.36. The number of benzene rings is 2. The van der Waals surface area contributed by atoms with Crippen molar-refractivity contribution in [2.24, 2.45) is 7.05 Å². The van der Waals surface area contributed by atoms with Gasteiger partial charge in [-0.2, -0.15) is 0 Å². The van der Waals surface area contributed by atoms with Crippen molar-refractivity contribution >= 4 is 28.0 Å². The third-order valence-corrected chi connectivity index (χ3v) is 4.73. The van der Waals surface area contributed by atoms with Crippen LogP contribution in [0.2, 0.25) is 0 Å². The molecule has 0 bridgehead atoms. The van der Waals surface area contributed by atoms with Gasteiger partial charge in [0.15, 0.2) is 5.58 Å². The largest absolute Gasteiger partial charge is 0.454 e. The van der Waals surface area contributed by atoms with Crippen molar-refractivity contribution in [3.8, 4) is 0 Å². The monoisotopic (exact) mass is 332 g/mol. The summed E-state index contributed by atoms with van der Waals surface area (Å²) in [5, 5.41) is 4.06. The highest BCUT2D eigenvalue weighted by molar-refractivity contribution is 6.07. The summed E-state index contributed by atoms with van der Waals surface area (Å²) in [6.07, 6.45) is 0. The number of nitrogens with zero attached hydrogens (tertiary/aromatic N) is 1. The van der Waals surface area contributed by atoms with Gasteiger partial charge in [0.05, 0.1) is 5.52 Å². The summed E-state index contributed by atoms with van der Waals surface area (Å²) < 4.78 is 7.76. The molecule has 0 saturated carbocycles. The van der Waals surface area contributed by atoms with Crippen molar-refractivity contribution in [1.82, 2.24) is 9.88 Å². The van der Waals surface area contributed by atoms with E-state index in [0.717, 1.165) is 22.1 Å². The Hall–Kier alpha value is -3.01. The van der Waals surface area contributed by atoms with Crippen LogP contribution in [0.4, 0.5) is 0 Å². The van der Waals surface area contributed by atoms with E-state index < -0.39 is 0 Å². The molecular formula is C21H20N2O2. The molecule has 0 aliphatic carbocycles. The zero-order chi connectivity index (χ0) is 17.4. The standard InChI is InChI=1S/C21H20N2O2/c1-14(15-8-4-3-5-9-15)13-22-21(24)17-12-19-20(23(17)2)16-10-6-7-11-18(16)25-19/h3-12,14H,13H2,1-2H3,(H,22,24). The number of hydrogen-bond acceptors (Lipinski definition) is 2. The molecule has 0 aliphatic rings. The molecule has 4 rings (SSSR count). The van der Waals surface area contributed by atoms with Gasteiger partial charge >= 0.3 is 0 Å². The summed E-state index contributed by atoms with van der Waals surface area (Å²) in [6, 6.07) is 19.9. The minimum absolute atomic E-state index is 0.0826. The Morgan fingerprint density at radius 3 is 2.60 bits per heavy atom. The minimum Gasteiger partial charge on any atom is -0.454 e. The van der Waals surface area contributed by atoms with E-state index in [1.807, 2.05) is 60.1 Å². The fourth-order valence-corrected chi connectivity index (χ4v) is 3.29. The molecule has 1 amide bonds. The quantitative estimate of drug-likeness (QED) is 0.600. The van der Waals surface area contributed by atoms with Gasteiger partial charge in [0.1, 0.15) is 11.3 Å². The molecular weight excluding hydrogens is 312 g/mol. The average Bonchev–Trinajstić information content (AvgIpc) is 3.17. The molecule has 0 radical (unpaired) electrons. The molecule has 25 heavy (non-hydrogen) atoms. The lowest BCUT2D eigenvalue weighted by atomic mass is 10.0. The summed E-state index contributed by atoms with van der Waals surface area (Å²) in [7, 11) is 1.90. The van der Waals surface area contributed by atoms with Crippen LogP contribution < -0.4 is 5.32 Å². The molecule has 1 atom stereocenters. The van der Waals surface area contributed by atoms with Gasteiger partial charge in [0, 0.05) is 25.0 Å². The fraction of sp³-hybridized carbons (Fsp3) is 0.190. The van der Waals surface area contributed by atoms with E-state index in [1.165, 1.54) is 5.56 Å². The van der Waals surface area contributed by atoms with Crippen LogP contribution in [0.1, 0.15) is 28.9 Å². The first kappa shape index (κ1) is 15.5. The maximum Gasteiger partial charge on any atom is 0.268 e. The topological polar surface area (TPSA) is 47.2 Å². The molecule has 0 fully saturated rings. The van der Waals surface area contributed by atoms with Gasteiger partial charge < -0.3 is 14.3 Å². The summed E-state index contributed by atoms with van der Waals surface area (Å²) in [6.45, 7) is 2.70. The van der Waals surface area contributed by atoms with Crippen LogP contribution in [0.5, 0.6) is 0 Å². The maximum atomic E-state index is 12.6. The zero-order valence-electron chi connectivity index (χ0n) is 14.3.